The summed E-state index contributed by atoms with van der Waals surface area (Å²) in [6.45, 7) is 0.253. The van der Waals surface area contributed by atoms with Crippen molar-refractivity contribution in [1.29, 1.82) is 0 Å². The van der Waals surface area contributed by atoms with Gasteiger partial charge < -0.3 is 20.3 Å². The third-order valence-electron chi connectivity index (χ3n) is 7.16. The molecule has 2 atom stereocenters. The number of ether oxygens (including phenoxy) is 1. The van der Waals surface area contributed by atoms with Crippen molar-refractivity contribution in [3.05, 3.63) is 89.1 Å². The van der Waals surface area contributed by atoms with Crippen molar-refractivity contribution in [3.63, 3.8) is 0 Å². The second kappa shape index (κ2) is 8.32. The fourth-order valence-electron chi connectivity index (χ4n) is 5.45. The lowest BCUT2D eigenvalue weighted by atomic mass is 9.79. The van der Waals surface area contributed by atoms with Crippen LogP contribution in [-0.2, 0) is 37.4 Å². The molecule has 0 saturated carbocycles. The number of nitrogens with zero attached hydrogens (tertiary/aromatic N) is 2. The van der Waals surface area contributed by atoms with E-state index in [1.165, 1.54) is 0 Å². The van der Waals surface area contributed by atoms with E-state index in [1.54, 1.807) is 11.1 Å². The van der Waals surface area contributed by atoms with Crippen LogP contribution in [0.1, 0.15) is 28.3 Å². The van der Waals surface area contributed by atoms with Crippen molar-refractivity contribution >= 4 is 29.2 Å². The average molecular weight is 469 g/mol. The molecule has 2 aromatic carbocycles. The summed E-state index contributed by atoms with van der Waals surface area (Å²) in [6, 6.07) is 18.8. The minimum absolute atomic E-state index is 0.0318. The summed E-state index contributed by atoms with van der Waals surface area (Å²) in [6.07, 6.45) is 2.83. The molecule has 1 aromatic heterocycles. The Morgan fingerprint density at radius 3 is 2.77 bits per heavy atom. The molecular weight excluding hydrogens is 444 g/mol. The highest BCUT2D eigenvalue weighted by molar-refractivity contribution is 6.06. The quantitative estimate of drug-likeness (QED) is 0.613. The van der Waals surface area contributed by atoms with Crippen molar-refractivity contribution in [2.24, 2.45) is 0 Å². The normalized spacial score (nSPS) is 22.6. The number of pyridine rings is 1. The first-order valence-electron chi connectivity index (χ1n) is 11.6. The first-order valence-corrected chi connectivity index (χ1v) is 11.6. The molecule has 2 N–H and O–H groups in total. The molecule has 35 heavy (non-hydrogen) atoms. The number of amides is 3. The summed E-state index contributed by atoms with van der Waals surface area (Å²) >= 11 is 0. The minimum atomic E-state index is -0.655. The van der Waals surface area contributed by atoms with Gasteiger partial charge in [0.1, 0.15) is 19.0 Å². The number of carbonyl (C=O) groups is 3. The topological polar surface area (TPSA) is 101 Å². The van der Waals surface area contributed by atoms with Gasteiger partial charge in [-0.05, 0) is 47.7 Å². The largest absolute Gasteiger partial charge is 0.369 e. The van der Waals surface area contributed by atoms with Crippen LogP contribution < -0.4 is 10.6 Å². The van der Waals surface area contributed by atoms with Gasteiger partial charge in [-0.25, -0.2) is 4.98 Å². The molecule has 3 amide bonds. The van der Waals surface area contributed by atoms with Gasteiger partial charge in [-0.2, -0.15) is 0 Å². The number of nitrogens with one attached hydrogen (secondary N) is 2. The molecule has 3 aliphatic rings. The summed E-state index contributed by atoms with van der Waals surface area (Å²) in [5, 5.41) is 5.85. The van der Waals surface area contributed by atoms with E-state index in [9.17, 15) is 14.4 Å². The van der Waals surface area contributed by atoms with E-state index in [0.29, 0.717) is 31.0 Å². The highest BCUT2D eigenvalue weighted by Gasteiger charge is 2.51. The Kier molecular flexibility index (Phi) is 5.11. The zero-order valence-corrected chi connectivity index (χ0v) is 19.0. The molecule has 1 spiro atoms. The molecule has 3 aromatic rings. The number of aromatic nitrogens is 1. The molecule has 1 aliphatic carbocycles. The third kappa shape index (κ3) is 3.66. The SMILES string of the molecule is O=C(CN1C(=O)COC[C@H]1c1ccccc1)Nc1ccc2c(c1)C[C@@]1(C2)C(=O)Nc2ncccc21. The number of hydrogen-bond donors (Lipinski definition) is 2. The van der Waals surface area contributed by atoms with Crippen molar-refractivity contribution in [3.8, 4) is 0 Å². The Hall–Kier alpha value is -4.04. The van der Waals surface area contributed by atoms with Crippen LogP contribution in [0.15, 0.2) is 66.9 Å². The lowest BCUT2D eigenvalue weighted by molar-refractivity contribution is -0.150. The summed E-state index contributed by atoms with van der Waals surface area (Å²) in [7, 11) is 0. The molecule has 0 unspecified atom stereocenters. The Morgan fingerprint density at radius 2 is 1.91 bits per heavy atom. The van der Waals surface area contributed by atoms with E-state index in [0.717, 1.165) is 22.3 Å². The number of hydrogen-bond acceptors (Lipinski definition) is 5. The van der Waals surface area contributed by atoms with E-state index in [4.69, 9.17) is 4.74 Å². The molecule has 3 heterocycles. The monoisotopic (exact) mass is 468 g/mol. The number of anilines is 2. The van der Waals surface area contributed by atoms with Crippen LogP contribution in [0.25, 0.3) is 0 Å². The lowest BCUT2D eigenvalue weighted by Crippen LogP contribution is -2.47. The zero-order valence-electron chi connectivity index (χ0n) is 19.0. The van der Waals surface area contributed by atoms with Gasteiger partial charge in [-0.15, -0.1) is 0 Å². The number of morpholine rings is 1. The van der Waals surface area contributed by atoms with E-state index in [1.807, 2.05) is 60.7 Å². The Labute approximate surface area is 202 Å². The molecule has 8 heteroatoms. The van der Waals surface area contributed by atoms with Crippen molar-refractivity contribution in [2.75, 3.05) is 30.4 Å². The number of fused-ring (bicyclic) bond motifs is 3. The second-order valence-corrected chi connectivity index (χ2v) is 9.28. The highest BCUT2D eigenvalue weighted by Crippen LogP contribution is 2.46. The van der Waals surface area contributed by atoms with Gasteiger partial charge in [0.15, 0.2) is 0 Å². The summed E-state index contributed by atoms with van der Waals surface area (Å²) in [5.74, 6) is 0.102. The zero-order chi connectivity index (χ0) is 24.0. The molecule has 0 radical (unpaired) electrons. The van der Waals surface area contributed by atoms with Crippen LogP contribution in [0, 0.1) is 0 Å². The van der Waals surface area contributed by atoms with Crippen LogP contribution in [0.4, 0.5) is 11.5 Å². The van der Waals surface area contributed by atoms with Crippen LogP contribution in [0.2, 0.25) is 0 Å². The molecule has 8 nitrogen and oxygen atoms in total. The molecule has 2 aliphatic heterocycles. The van der Waals surface area contributed by atoms with Crippen LogP contribution >= 0.6 is 0 Å². The maximum atomic E-state index is 13.0. The Morgan fingerprint density at radius 1 is 1.09 bits per heavy atom. The molecule has 6 rings (SSSR count). The van der Waals surface area contributed by atoms with E-state index in [2.05, 4.69) is 15.6 Å². The van der Waals surface area contributed by atoms with Crippen molar-refractivity contribution in [1.82, 2.24) is 9.88 Å². The average Bonchev–Trinajstić information content (AvgIpc) is 3.38. The Bertz CT molecular complexity index is 1340. The predicted molar refractivity (Wildman–Crippen MR) is 129 cm³/mol. The van der Waals surface area contributed by atoms with Gasteiger partial charge in [0, 0.05) is 17.4 Å². The van der Waals surface area contributed by atoms with Gasteiger partial charge in [-0.3, -0.25) is 14.4 Å². The fourth-order valence-corrected chi connectivity index (χ4v) is 5.45. The van der Waals surface area contributed by atoms with Gasteiger partial charge in [0.2, 0.25) is 17.7 Å². The van der Waals surface area contributed by atoms with Gasteiger partial charge in [0.25, 0.3) is 0 Å². The molecule has 176 valence electrons. The highest BCUT2D eigenvalue weighted by atomic mass is 16.5. The van der Waals surface area contributed by atoms with Crippen LogP contribution in [0.5, 0.6) is 0 Å². The van der Waals surface area contributed by atoms with Crippen LogP contribution in [0.3, 0.4) is 0 Å². The van der Waals surface area contributed by atoms with Gasteiger partial charge in [0.05, 0.1) is 18.1 Å². The molecular formula is C27H24N4O4. The van der Waals surface area contributed by atoms with E-state index < -0.39 is 5.41 Å². The maximum absolute atomic E-state index is 13.0. The van der Waals surface area contributed by atoms with Gasteiger partial charge in [-0.1, -0.05) is 42.5 Å². The molecule has 0 bridgehead atoms. The van der Waals surface area contributed by atoms with Crippen molar-refractivity contribution in [2.45, 2.75) is 24.3 Å². The summed E-state index contributed by atoms with van der Waals surface area (Å²) in [5.41, 5.74) is 3.96. The number of rotatable bonds is 4. The lowest BCUT2D eigenvalue weighted by Gasteiger charge is -2.35. The predicted octanol–water partition coefficient (Wildman–Crippen LogP) is 2.61. The van der Waals surface area contributed by atoms with Crippen LogP contribution in [-0.4, -0.2) is 47.4 Å². The fraction of sp³-hybridized carbons (Fsp3) is 0.259. The minimum Gasteiger partial charge on any atom is -0.369 e. The summed E-state index contributed by atoms with van der Waals surface area (Å²) < 4.78 is 5.45. The smallest absolute Gasteiger partial charge is 0.249 e. The first-order chi connectivity index (χ1) is 17.0. The number of carbonyl (C=O) groups excluding carboxylic acids is 3. The first kappa shape index (κ1) is 21.5. The molecule has 1 saturated heterocycles. The van der Waals surface area contributed by atoms with E-state index >= 15 is 0 Å². The van der Waals surface area contributed by atoms with Crippen molar-refractivity contribution < 1.29 is 19.1 Å². The summed E-state index contributed by atoms with van der Waals surface area (Å²) in [4.78, 5) is 44.3. The Balaban J connectivity index is 1.19. The van der Waals surface area contributed by atoms with Gasteiger partial charge >= 0.3 is 0 Å². The third-order valence-corrected chi connectivity index (χ3v) is 7.16. The standard InChI is InChI=1S/C27H24N4O4/c32-23(14-31-22(15-35-16-24(31)33)17-5-2-1-3-6-17)29-20-9-8-18-12-27(13-19(18)11-20)21-7-4-10-28-25(21)30-26(27)34/h1-11,22H,12-16H2,(H,29,32)(H,28,30,34)/t22-,27+/m0/s1. The maximum Gasteiger partial charge on any atom is 0.249 e. The van der Waals surface area contributed by atoms with E-state index in [-0.39, 0.29) is 36.9 Å². The second-order valence-electron chi connectivity index (χ2n) is 9.28. The number of benzene rings is 2. The molecule has 1 fully saturated rings.